The number of hydrogen-bond donors (Lipinski definition) is 0. The average Bonchev–Trinajstić information content (AvgIpc) is 3.04. The van der Waals surface area contributed by atoms with Gasteiger partial charge >= 0.3 is 0 Å². The highest BCUT2D eigenvalue weighted by Gasteiger charge is 2.24. The van der Waals surface area contributed by atoms with E-state index in [1.165, 1.54) is 31.6 Å². The van der Waals surface area contributed by atoms with Gasteiger partial charge in [-0.25, -0.2) is 0 Å². The van der Waals surface area contributed by atoms with Crippen molar-refractivity contribution in [3.05, 3.63) is 30.1 Å². The fraction of sp³-hybridized carbons (Fsp3) is 0.684. The van der Waals surface area contributed by atoms with E-state index in [9.17, 15) is 4.79 Å². The molecule has 3 heterocycles. The predicted octanol–water partition coefficient (Wildman–Crippen LogP) is 1.64. The zero-order valence-corrected chi connectivity index (χ0v) is 14.9. The quantitative estimate of drug-likeness (QED) is 0.762. The summed E-state index contributed by atoms with van der Waals surface area (Å²) in [7, 11) is 2.22. The zero-order valence-electron chi connectivity index (χ0n) is 14.9. The minimum atomic E-state index is 0.341. The molecule has 0 bridgehead atoms. The number of amides is 1. The van der Waals surface area contributed by atoms with Gasteiger partial charge in [0, 0.05) is 57.0 Å². The van der Waals surface area contributed by atoms with E-state index in [0.717, 1.165) is 45.4 Å². The van der Waals surface area contributed by atoms with Crippen molar-refractivity contribution in [1.29, 1.82) is 0 Å². The van der Waals surface area contributed by atoms with Crippen molar-refractivity contribution in [2.45, 2.75) is 38.1 Å². The first-order valence-corrected chi connectivity index (χ1v) is 9.32. The summed E-state index contributed by atoms with van der Waals surface area (Å²) in [5.74, 6) is 0.341. The Kier molecular flexibility index (Phi) is 6.21. The fourth-order valence-electron chi connectivity index (χ4n) is 3.80. The summed E-state index contributed by atoms with van der Waals surface area (Å²) in [5, 5.41) is 0. The van der Waals surface area contributed by atoms with Crippen molar-refractivity contribution in [3.8, 4) is 0 Å². The van der Waals surface area contributed by atoms with Crippen LogP contribution in [-0.2, 0) is 11.2 Å². The van der Waals surface area contributed by atoms with Gasteiger partial charge in [-0.1, -0.05) is 6.07 Å². The van der Waals surface area contributed by atoms with Crippen LogP contribution in [0.2, 0.25) is 0 Å². The van der Waals surface area contributed by atoms with E-state index in [2.05, 4.69) is 34.0 Å². The van der Waals surface area contributed by atoms with Crippen molar-refractivity contribution in [2.24, 2.45) is 0 Å². The lowest BCUT2D eigenvalue weighted by Crippen LogP contribution is -2.46. The van der Waals surface area contributed by atoms with Gasteiger partial charge in [0.15, 0.2) is 0 Å². The molecule has 0 atom stereocenters. The van der Waals surface area contributed by atoms with E-state index in [1.807, 2.05) is 17.2 Å². The second-order valence-electron chi connectivity index (χ2n) is 7.11. The molecule has 0 N–H and O–H groups in total. The second kappa shape index (κ2) is 8.58. The first-order valence-electron chi connectivity index (χ1n) is 9.32. The lowest BCUT2D eigenvalue weighted by molar-refractivity contribution is -0.127. The number of rotatable bonds is 7. The SMILES string of the molecule is CN(CCN1CCCC1=O)C1CCN(CCc2ccccn2)CC1. The van der Waals surface area contributed by atoms with Gasteiger partial charge in [0.1, 0.15) is 0 Å². The zero-order chi connectivity index (χ0) is 16.8. The minimum Gasteiger partial charge on any atom is -0.341 e. The maximum atomic E-state index is 11.7. The molecular formula is C19H30N4O. The Labute approximate surface area is 145 Å². The molecule has 0 aliphatic carbocycles. The number of carbonyl (C=O) groups is 1. The number of likely N-dealkylation sites (N-methyl/N-ethyl adjacent to an activating group) is 1. The van der Waals surface area contributed by atoms with Gasteiger partial charge in [0.25, 0.3) is 0 Å². The standard InChI is InChI=1S/C19H30N4O/c1-21(15-16-23-11-4-6-19(23)24)18-8-13-22(14-9-18)12-7-17-5-2-3-10-20-17/h2-3,5,10,18H,4,6-9,11-16H2,1H3. The Hall–Kier alpha value is -1.46. The molecule has 1 amide bonds. The highest BCUT2D eigenvalue weighted by atomic mass is 16.2. The van der Waals surface area contributed by atoms with Crippen LogP contribution in [0.25, 0.3) is 0 Å². The van der Waals surface area contributed by atoms with Gasteiger partial charge in [-0.05, 0) is 51.5 Å². The summed E-state index contributed by atoms with van der Waals surface area (Å²) in [4.78, 5) is 23.1. The number of likely N-dealkylation sites (tertiary alicyclic amines) is 2. The summed E-state index contributed by atoms with van der Waals surface area (Å²) in [6.07, 6.45) is 7.16. The molecule has 0 unspecified atom stereocenters. The summed E-state index contributed by atoms with van der Waals surface area (Å²) >= 11 is 0. The van der Waals surface area contributed by atoms with Crippen LogP contribution >= 0.6 is 0 Å². The van der Waals surface area contributed by atoms with Crippen LogP contribution in [-0.4, -0.2) is 77.9 Å². The van der Waals surface area contributed by atoms with Gasteiger partial charge in [-0.2, -0.15) is 0 Å². The summed E-state index contributed by atoms with van der Waals surface area (Å²) in [5.41, 5.74) is 1.19. The van der Waals surface area contributed by atoms with E-state index in [4.69, 9.17) is 0 Å². The molecule has 0 radical (unpaired) electrons. The Morgan fingerprint density at radius 2 is 2.04 bits per heavy atom. The lowest BCUT2D eigenvalue weighted by atomic mass is 10.0. The van der Waals surface area contributed by atoms with Crippen LogP contribution in [0.15, 0.2) is 24.4 Å². The first-order chi connectivity index (χ1) is 11.7. The van der Waals surface area contributed by atoms with Crippen LogP contribution < -0.4 is 0 Å². The molecule has 2 aliphatic heterocycles. The molecular weight excluding hydrogens is 300 g/mol. The molecule has 1 aromatic rings. The highest BCUT2D eigenvalue weighted by molar-refractivity contribution is 5.78. The second-order valence-corrected chi connectivity index (χ2v) is 7.11. The van der Waals surface area contributed by atoms with Crippen molar-refractivity contribution in [3.63, 3.8) is 0 Å². The molecule has 2 saturated heterocycles. The third kappa shape index (κ3) is 4.77. The molecule has 132 valence electrons. The average molecular weight is 330 g/mol. The van der Waals surface area contributed by atoms with Gasteiger partial charge in [-0.15, -0.1) is 0 Å². The molecule has 0 spiro atoms. The Balaban J connectivity index is 1.34. The monoisotopic (exact) mass is 330 g/mol. The van der Waals surface area contributed by atoms with Crippen molar-refractivity contribution < 1.29 is 4.79 Å². The van der Waals surface area contributed by atoms with Gasteiger partial charge in [0.05, 0.1) is 0 Å². The summed E-state index contributed by atoms with van der Waals surface area (Å²) in [6, 6.07) is 6.81. The molecule has 5 heteroatoms. The molecule has 1 aromatic heterocycles. The van der Waals surface area contributed by atoms with E-state index >= 15 is 0 Å². The number of carbonyl (C=O) groups excluding carboxylic acids is 1. The van der Waals surface area contributed by atoms with Crippen LogP contribution in [0.1, 0.15) is 31.4 Å². The van der Waals surface area contributed by atoms with E-state index < -0.39 is 0 Å². The predicted molar refractivity (Wildman–Crippen MR) is 95.8 cm³/mol. The molecule has 3 rings (SSSR count). The van der Waals surface area contributed by atoms with Gasteiger partial charge < -0.3 is 14.7 Å². The van der Waals surface area contributed by atoms with Crippen LogP contribution in [0.3, 0.4) is 0 Å². The summed E-state index contributed by atoms with van der Waals surface area (Å²) < 4.78 is 0. The number of piperidine rings is 1. The Morgan fingerprint density at radius 1 is 1.21 bits per heavy atom. The van der Waals surface area contributed by atoms with Crippen LogP contribution in [0.4, 0.5) is 0 Å². The van der Waals surface area contributed by atoms with Crippen molar-refractivity contribution in [1.82, 2.24) is 19.7 Å². The minimum absolute atomic E-state index is 0.341. The number of aromatic nitrogens is 1. The maximum Gasteiger partial charge on any atom is 0.222 e. The molecule has 2 aliphatic rings. The highest BCUT2D eigenvalue weighted by Crippen LogP contribution is 2.16. The first kappa shape index (κ1) is 17.4. The van der Waals surface area contributed by atoms with Crippen LogP contribution in [0, 0.1) is 0 Å². The third-order valence-corrected chi connectivity index (χ3v) is 5.48. The van der Waals surface area contributed by atoms with Gasteiger partial charge in [-0.3, -0.25) is 9.78 Å². The summed E-state index contributed by atoms with van der Waals surface area (Å²) in [6.45, 7) is 6.31. The third-order valence-electron chi connectivity index (χ3n) is 5.48. The van der Waals surface area contributed by atoms with E-state index in [-0.39, 0.29) is 0 Å². The Bertz CT molecular complexity index is 513. The van der Waals surface area contributed by atoms with Gasteiger partial charge in [0.2, 0.25) is 5.91 Å². The fourth-order valence-corrected chi connectivity index (χ4v) is 3.80. The smallest absolute Gasteiger partial charge is 0.222 e. The number of pyridine rings is 1. The molecule has 2 fully saturated rings. The normalized spacial score (nSPS) is 20.2. The Morgan fingerprint density at radius 3 is 2.71 bits per heavy atom. The van der Waals surface area contributed by atoms with E-state index in [1.54, 1.807) is 0 Å². The van der Waals surface area contributed by atoms with Crippen LogP contribution in [0.5, 0.6) is 0 Å². The molecule has 0 saturated carbocycles. The topological polar surface area (TPSA) is 39.7 Å². The number of nitrogens with zero attached hydrogens (tertiary/aromatic N) is 4. The molecule has 5 nitrogen and oxygen atoms in total. The number of hydrogen-bond acceptors (Lipinski definition) is 4. The van der Waals surface area contributed by atoms with E-state index in [0.29, 0.717) is 11.9 Å². The molecule has 0 aromatic carbocycles. The molecule has 24 heavy (non-hydrogen) atoms. The van der Waals surface area contributed by atoms with Crippen molar-refractivity contribution in [2.75, 3.05) is 46.3 Å². The lowest BCUT2D eigenvalue weighted by Gasteiger charge is -2.37. The van der Waals surface area contributed by atoms with Crippen molar-refractivity contribution >= 4 is 5.91 Å². The maximum absolute atomic E-state index is 11.7. The largest absolute Gasteiger partial charge is 0.341 e.